The van der Waals surface area contributed by atoms with Gasteiger partial charge in [-0.3, -0.25) is 4.79 Å². The van der Waals surface area contributed by atoms with Crippen LogP contribution in [0.4, 0.5) is 0 Å². The number of aliphatic hydroxyl groups is 1. The van der Waals surface area contributed by atoms with Crippen LogP contribution in [0.25, 0.3) is 0 Å². The Morgan fingerprint density at radius 1 is 2.00 bits per heavy atom. The molecule has 0 radical (unpaired) electrons. The number of amides is 1. The SMILES string of the molecule is CC(O)NC(=O)CBr. The maximum absolute atomic E-state index is 10.3. The molecule has 0 aromatic heterocycles. The molecule has 48 valence electrons. The van der Waals surface area contributed by atoms with Crippen molar-refractivity contribution in [1.29, 1.82) is 0 Å². The smallest absolute Gasteiger partial charge is 0.232 e. The maximum atomic E-state index is 10.3. The van der Waals surface area contributed by atoms with Gasteiger partial charge in [-0.2, -0.15) is 0 Å². The van der Waals surface area contributed by atoms with Crippen molar-refractivity contribution in [2.24, 2.45) is 0 Å². The van der Waals surface area contributed by atoms with Crippen LogP contribution in [-0.2, 0) is 4.79 Å². The van der Waals surface area contributed by atoms with Gasteiger partial charge in [0, 0.05) is 0 Å². The van der Waals surface area contributed by atoms with Gasteiger partial charge in [0.15, 0.2) is 0 Å². The molecule has 1 amide bonds. The van der Waals surface area contributed by atoms with Crippen molar-refractivity contribution in [1.82, 2.24) is 5.32 Å². The van der Waals surface area contributed by atoms with Crippen LogP contribution >= 0.6 is 15.9 Å². The summed E-state index contributed by atoms with van der Waals surface area (Å²) in [6.45, 7) is 1.49. The Hall–Kier alpha value is -0.0900. The highest BCUT2D eigenvalue weighted by Gasteiger charge is 1.98. The molecule has 0 aliphatic heterocycles. The van der Waals surface area contributed by atoms with E-state index in [9.17, 15) is 4.79 Å². The van der Waals surface area contributed by atoms with Crippen LogP contribution in [0.3, 0.4) is 0 Å². The third-order valence-corrected chi connectivity index (χ3v) is 1.00. The Morgan fingerprint density at radius 3 is 2.62 bits per heavy atom. The Morgan fingerprint density at radius 2 is 2.50 bits per heavy atom. The molecule has 1 atom stereocenters. The van der Waals surface area contributed by atoms with Crippen LogP contribution in [0.1, 0.15) is 6.92 Å². The quantitative estimate of drug-likeness (QED) is 0.460. The molecule has 0 aliphatic carbocycles. The summed E-state index contributed by atoms with van der Waals surface area (Å²) in [5, 5.41) is 11.0. The molecule has 0 bridgehead atoms. The first-order valence-corrected chi connectivity index (χ1v) is 3.32. The normalized spacial score (nSPS) is 12.9. The Kier molecular flexibility index (Phi) is 3.81. The van der Waals surface area contributed by atoms with Crippen LogP contribution in [0.2, 0.25) is 0 Å². The monoisotopic (exact) mass is 181 g/mol. The molecule has 4 heteroatoms. The van der Waals surface area contributed by atoms with Crippen LogP contribution in [0.15, 0.2) is 0 Å². The minimum atomic E-state index is -0.750. The average Bonchev–Trinajstić information content (AvgIpc) is 1.65. The van der Waals surface area contributed by atoms with E-state index in [-0.39, 0.29) is 11.2 Å². The molecule has 8 heavy (non-hydrogen) atoms. The number of hydrogen-bond acceptors (Lipinski definition) is 2. The topological polar surface area (TPSA) is 49.3 Å². The van der Waals surface area contributed by atoms with Gasteiger partial charge in [0.2, 0.25) is 5.91 Å². The van der Waals surface area contributed by atoms with Gasteiger partial charge in [-0.15, -0.1) is 0 Å². The minimum absolute atomic E-state index is 0.208. The molecule has 1 unspecified atom stereocenters. The number of carbonyl (C=O) groups excluding carboxylic acids is 1. The predicted octanol–water partition coefficient (Wildman–Crippen LogP) is -0.164. The third-order valence-electron chi connectivity index (χ3n) is 0.491. The first-order valence-electron chi connectivity index (χ1n) is 2.20. The largest absolute Gasteiger partial charge is 0.374 e. The van der Waals surface area contributed by atoms with Gasteiger partial charge in [-0.25, -0.2) is 0 Å². The second kappa shape index (κ2) is 3.86. The molecule has 0 fully saturated rings. The summed E-state index contributed by atoms with van der Waals surface area (Å²) in [7, 11) is 0. The van der Waals surface area contributed by atoms with Crippen molar-refractivity contribution < 1.29 is 9.90 Å². The maximum Gasteiger partial charge on any atom is 0.232 e. The third kappa shape index (κ3) is 4.08. The average molecular weight is 182 g/mol. The Labute approximate surface area is 56.2 Å². The van der Waals surface area contributed by atoms with Crippen molar-refractivity contribution in [3.8, 4) is 0 Å². The number of carbonyl (C=O) groups is 1. The van der Waals surface area contributed by atoms with Gasteiger partial charge >= 0.3 is 0 Å². The summed E-state index contributed by atoms with van der Waals surface area (Å²) in [6, 6.07) is 0. The predicted molar refractivity (Wildman–Crippen MR) is 33.6 cm³/mol. The zero-order chi connectivity index (χ0) is 6.57. The fourth-order valence-corrected chi connectivity index (χ4v) is 0.433. The van der Waals surface area contributed by atoms with Crippen molar-refractivity contribution in [3.63, 3.8) is 0 Å². The van der Waals surface area contributed by atoms with Crippen molar-refractivity contribution in [2.75, 3.05) is 5.33 Å². The van der Waals surface area contributed by atoms with Crippen molar-refractivity contribution >= 4 is 21.8 Å². The molecule has 0 saturated carbocycles. The zero-order valence-corrected chi connectivity index (χ0v) is 6.10. The van der Waals surface area contributed by atoms with Gasteiger partial charge in [0.25, 0.3) is 0 Å². The molecule has 0 rings (SSSR count). The summed E-state index contributed by atoms with van der Waals surface area (Å²) in [5.74, 6) is -0.208. The number of alkyl halides is 1. The molecule has 0 aliphatic rings. The van der Waals surface area contributed by atoms with E-state index in [1.54, 1.807) is 0 Å². The first-order chi connectivity index (χ1) is 3.66. The van der Waals surface area contributed by atoms with E-state index in [1.165, 1.54) is 6.92 Å². The van der Waals surface area contributed by atoms with Crippen molar-refractivity contribution in [2.45, 2.75) is 13.2 Å². The number of aliphatic hydroxyl groups excluding tert-OH is 1. The molecule has 2 N–H and O–H groups in total. The summed E-state index contributed by atoms with van der Waals surface area (Å²) >= 11 is 2.92. The molecular weight excluding hydrogens is 174 g/mol. The van der Waals surface area contributed by atoms with Gasteiger partial charge in [0.1, 0.15) is 6.23 Å². The molecule has 0 aromatic rings. The molecule has 0 heterocycles. The van der Waals surface area contributed by atoms with Crippen LogP contribution in [0, 0.1) is 0 Å². The lowest BCUT2D eigenvalue weighted by Gasteiger charge is -2.03. The highest BCUT2D eigenvalue weighted by molar-refractivity contribution is 9.09. The van der Waals surface area contributed by atoms with E-state index in [0.717, 1.165) is 0 Å². The van der Waals surface area contributed by atoms with E-state index in [1.807, 2.05) is 0 Å². The molecule has 3 nitrogen and oxygen atoms in total. The fraction of sp³-hybridized carbons (Fsp3) is 0.750. The minimum Gasteiger partial charge on any atom is -0.374 e. The number of halogens is 1. The van der Waals surface area contributed by atoms with Gasteiger partial charge in [0.05, 0.1) is 5.33 Å². The lowest BCUT2D eigenvalue weighted by atomic mass is 10.6. The lowest BCUT2D eigenvalue weighted by Crippen LogP contribution is -2.32. The highest BCUT2D eigenvalue weighted by atomic mass is 79.9. The summed E-state index contributed by atoms with van der Waals surface area (Å²) in [5.41, 5.74) is 0. The van der Waals surface area contributed by atoms with Crippen LogP contribution in [-0.4, -0.2) is 22.6 Å². The molecular formula is C4H8BrNO2. The standard InChI is InChI=1S/C4H8BrNO2/c1-3(7)6-4(8)2-5/h3,7H,2H2,1H3,(H,6,8). The number of nitrogens with one attached hydrogen (secondary N) is 1. The van der Waals surface area contributed by atoms with E-state index < -0.39 is 6.23 Å². The number of rotatable bonds is 2. The Bertz CT molecular complexity index is 84.1. The molecule has 0 aromatic carbocycles. The molecule has 0 saturated heterocycles. The Balaban J connectivity index is 3.25. The summed E-state index contributed by atoms with van der Waals surface area (Å²) in [6.07, 6.45) is -0.750. The van der Waals surface area contributed by atoms with E-state index in [0.29, 0.717) is 0 Å². The lowest BCUT2D eigenvalue weighted by molar-refractivity contribution is -0.121. The second-order valence-corrected chi connectivity index (χ2v) is 1.94. The van der Waals surface area contributed by atoms with E-state index >= 15 is 0 Å². The summed E-state index contributed by atoms with van der Waals surface area (Å²) < 4.78 is 0. The second-order valence-electron chi connectivity index (χ2n) is 1.38. The van der Waals surface area contributed by atoms with Gasteiger partial charge < -0.3 is 10.4 Å². The van der Waals surface area contributed by atoms with Gasteiger partial charge in [-0.1, -0.05) is 15.9 Å². The van der Waals surface area contributed by atoms with E-state index in [4.69, 9.17) is 5.11 Å². The molecule has 0 spiro atoms. The first kappa shape index (κ1) is 7.91. The van der Waals surface area contributed by atoms with E-state index in [2.05, 4.69) is 21.2 Å². The van der Waals surface area contributed by atoms with Crippen LogP contribution in [0.5, 0.6) is 0 Å². The number of hydrogen-bond donors (Lipinski definition) is 2. The summed E-state index contributed by atoms with van der Waals surface area (Å²) in [4.78, 5) is 10.3. The zero-order valence-electron chi connectivity index (χ0n) is 4.52. The van der Waals surface area contributed by atoms with Crippen LogP contribution < -0.4 is 5.32 Å². The van der Waals surface area contributed by atoms with Crippen molar-refractivity contribution in [3.05, 3.63) is 0 Å². The van der Waals surface area contributed by atoms with Gasteiger partial charge in [-0.05, 0) is 6.92 Å². The fourth-order valence-electron chi connectivity index (χ4n) is 0.272. The highest BCUT2D eigenvalue weighted by Crippen LogP contribution is 1.79.